The minimum absolute atomic E-state index is 0. The lowest BCUT2D eigenvalue weighted by atomic mass is 9.85. The molecule has 1 saturated carbocycles. The quantitative estimate of drug-likeness (QED) is 0.850. The minimum atomic E-state index is 0. The number of likely N-dealkylation sites (tertiary alicyclic amines) is 1. The van der Waals surface area contributed by atoms with Gasteiger partial charge in [-0.25, -0.2) is 0 Å². The molecule has 1 N–H and O–H groups in total. The first-order valence-electron chi connectivity index (χ1n) is 8.20. The van der Waals surface area contributed by atoms with Gasteiger partial charge in [0.2, 0.25) is 5.91 Å². The Morgan fingerprint density at radius 3 is 2.60 bits per heavy atom. The molecule has 4 heteroatoms. The van der Waals surface area contributed by atoms with Crippen LogP contribution in [0.5, 0.6) is 0 Å². The van der Waals surface area contributed by atoms with Crippen molar-refractivity contribution in [3.05, 3.63) is 0 Å². The normalized spacial score (nSPS) is 36.9. The van der Waals surface area contributed by atoms with E-state index in [1.807, 2.05) is 0 Å². The van der Waals surface area contributed by atoms with Gasteiger partial charge in [-0.15, -0.1) is 12.4 Å². The van der Waals surface area contributed by atoms with Crippen LogP contribution in [-0.4, -0.2) is 36.0 Å². The van der Waals surface area contributed by atoms with E-state index in [1.54, 1.807) is 0 Å². The Labute approximate surface area is 129 Å². The average molecular weight is 301 g/mol. The van der Waals surface area contributed by atoms with Crippen molar-refractivity contribution in [1.29, 1.82) is 0 Å². The summed E-state index contributed by atoms with van der Waals surface area (Å²) >= 11 is 0. The number of halogens is 1. The fraction of sp³-hybridized carbons (Fsp3) is 0.938. The molecular formula is C16H29ClN2O. The number of nitrogens with zero attached hydrogens (tertiary/aromatic N) is 1. The third-order valence-electron chi connectivity index (χ3n) is 5.64. The maximum absolute atomic E-state index is 12.6. The number of carbonyl (C=O) groups excluding carboxylic acids is 1. The fourth-order valence-electron chi connectivity index (χ4n) is 4.26. The largest absolute Gasteiger partial charge is 0.341 e. The lowest BCUT2D eigenvalue weighted by Gasteiger charge is -2.24. The zero-order valence-corrected chi connectivity index (χ0v) is 13.6. The zero-order valence-electron chi connectivity index (χ0n) is 12.8. The Bertz CT molecular complexity index is 333. The van der Waals surface area contributed by atoms with Crippen molar-refractivity contribution < 1.29 is 4.79 Å². The van der Waals surface area contributed by atoms with Crippen molar-refractivity contribution in [3.8, 4) is 0 Å². The Balaban J connectivity index is 0.00000147. The third-order valence-corrected chi connectivity index (χ3v) is 5.64. The van der Waals surface area contributed by atoms with Gasteiger partial charge in [-0.3, -0.25) is 4.79 Å². The fourth-order valence-corrected chi connectivity index (χ4v) is 4.26. The van der Waals surface area contributed by atoms with Crippen LogP contribution in [0, 0.1) is 17.8 Å². The van der Waals surface area contributed by atoms with Crippen LogP contribution in [0.15, 0.2) is 0 Å². The van der Waals surface area contributed by atoms with Crippen molar-refractivity contribution in [2.24, 2.45) is 17.8 Å². The molecule has 1 aliphatic carbocycles. The number of rotatable bonds is 2. The van der Waals surface area contributed by atoms with Gasteiger partial charge < -0.3 is 10.2 Å². The van der Waals surface area contributed by atoms with E-state index in [1.165, 1.54) is 32.1 Å². The molecule has 1 amide bonds. The van der Waals surface area contributed by atoms with E-state index in [0.29, 0.717) is 23.8 Å². The molecule has 2 heterocycles. The van der Waals surface area contributed by atoms with E-state index in [-0.39, 0.29) is 18.4 Å². The third kappa shape index (κ3) is 3.14. The van der Waals surface area contributed by atoms with Crippen molar-refractivity contribution >= 4 is 18.3 Å². The van der Waals surface area contributed by atoms with Crippen molar-refractivity contribution in [2.45, 2.75) is 64.5 Å². The van der Waals surface area contributed by atoms with Gasteiger partial charge in [-0.1, -0.05) is 26.7 Å². The van der Waals surface area contributed by atoms with Crippen LogP contribution in [0.1, 0.15) is 52.4 Å². The molecule has 4 unspecified atom stereocenters. The molecule has 3 rings (SSSR count). The predicted molar refractivity (Wildman–Crippen MR) is 84.1 cm³/mol. The van der Waals surface area contributed by atoms with Crippen LogP contribution in [0.4, 0.5) is 0 Å². The molecule has 3 nitrogen and oxygen atoms in total. The van der Waals surface area contributed by atoms with Gasteiger partial charge >= 0.3 is 0 Å². The molecule has 4 atom stereocenters. The van der Waals surface area contributed by atoms with Gasteiger partial charge in [0, 0.05) is 19.1 Å². The van der Waals surface area contributed by atoms with Crippen LogP contribution in [-0.2, 0) is 4.79 Å². The van der Waals surface area contributed by atoms with E-state index in [4.69, 9.17) is 0 Å². The van der Waals surface area contributed by atoms with Gasteiger partial charge in [-0.2, -0.15) is 0 Å². The van der Waals surface area contributed by atoms with E-state index in [9.17, 15) is 4.79 Å². The Hall–Kier alpha value is -0.280. The Morgan fingerprint density at radius 1 is 1.20 bits per heavy atom. The topological polar surface area (TPSA) is 32.3 Å². The van der Waals surface area contributed by atoms with Crippen molar-refractivity contribution in [1.82, 2.24) is 10.2 Å². The summed E-state index contributed by atoms with van der Waals surface area (Å²) in [5.41, 5.74) is 0. The zero-order chi connectivity index (χ0) is 13.4. The Kier molecular flexibility index (Phi) is 5.36. The first-order chi connectivity index (χ1) is 9.15. The molecular weight excluding hydrogens is 272 g/mol. The summed E-state index contributed by atoms with van der Waals surface area (Å²) in [6.07, 6.45) is 7.60. The number of carbonyl (C=O) groups is 1. The smallest absolute Gasteiger partial charge is 0.239 e. The van der Waals surface area contributed by atoms with Crippen molar-refractivity contribution in [2.75, 3.05) is 13.1 Å². The lowest BCUT2D eigenvalue weighted by molar-refractivity contribution is -0.132. The highest BCUT2D eigenvalue weighted by molar-refractivity contribution is 5.85. The minimum Gasteiger partial charge on any atom is -0.341 e. The molecule has 2 saturated heterocycles. The summed E-state index contributed by atoms with van der Waals surface area (Å²) < 4.78 is 0. The summed E-state index contributed by atoms with van der Waals surface area (Å²) in [6, 6.07) is 0.755. The van der Waals surface area contributed by atoms with Crippen LogP contribution in [0.3, 0.4) is 0 Å². The second kappa shape index (κ2) is 6.65. The molecule has 0 aromatic rings. The maximum Gasteiger partial charge on any atom is 0.239 e. The number of fused-ring (bicyclic) bond motifs is 1. The second-order valence-corrected chi connectivity index (χ2v) is 7.18. The summed E-state index contributed by atoms with van der Waals surface area (Å²) in [5, 5.41) is 3.62. The first kappa shape index (κ1) is 16.1. The molecule has 20 heavy (non-hydrogen) atoms. The van der Waals surface area contributed by atoms with Crippen LogP contribution in [0.2, 0.25) is 0 Å². The molecule has 0 radical (unpaired) electrons. The van der Waals surface area contributed by atoms with Gasteiger partial charge in [0.25, 0.3) is 0 Å². The highest BCUT2D eigenvalue weighted by Gasteiger charge is 2.41. The maximum atomic E-state index is 12.6. The molecule has 0 spiro atoms. The average Bonchev–Trinajstić information content (AvgIpc) is 3.04. The van der Waals surface area contributed by atoms with Crippen LogP contribution >= 0.6 is 12.4 Å². The lowest BCUT2D eigenvalue weighted by Crippen LogP contribution is -2.44. The summed E-state index contributed by atoms with van der Waals surface area (Å²) in [4.78, 5) is 14.7. The second-order valence-electron chi connectivity index (χ2n) is 7.18. The summed E-state index contributed by atoms with van der Waals surface area (Å²) in [6.45, 7) is 6.53. The number of amides is 1. The molecule has 0 aromatic heterocycles. The SMILES string of the molecule is CC(C)C1CCN(C(=O)C2CC3CCCCC3N2)C1.Cl. The van der Waals surface area contributed by atoms with E-state index in [2.05, 4.69) is 24.1 Å². The molecule has 3 aliphatic rings. The van der Waals surface area contributed by atoms with Gasteiger partial charge in [0.1, 0.15) is 0 Å². The van der Waals surface area contributed by atoms with Crippen LogP contribution < -0.4 is 5.32 Å². The van der Waals surface area contributed by atoms with Crippen molar-refractivity contribution in [3.63, 3.8) is 0 Å². The molecule has 2 aliphatic heterocycles. The van der Waals surface area contributed by atoms with Gasteiger partial charge in [0.15, 0.2) is 0 Å². The predicted octanol–water partition coefficient (Wildman–Crippen LogP) is 2.83. The Morgan fingerprint density at radius 2 is 1.95 bits per heavy atom. The van der Waals surface area contributed by atoms with E-state index >= 15 is 0 Å². The molecule has 3 fully saturated rings. The number of hydrogen-bond donors (Lipinski definition) is 1. The summed E-state index contributed by atoms with van der Waals surface area (Å²) in [7, 11) is 0. The first-order valence-corrected chi connectivity index (χ1v) is 8.20. The standard InChI is InChI=1S/C16H28N2O.ClH/c1-11(2)13-7-8-18(10-13)16(19)15-9-12-5-3-4-6-14(12)17-15;/h11-15,17H,3-10H2,1-2H3;1H. The highest BCUT2D eigenvalue weighted by atomic mass is 35.5. The van der Waals surface area contributed by atoms with Gasteiger partial charge in [0.05, 0.1) is 6.04 Å². The van der Waals surface area contributed by atoms with Crippen LogP contribution in [0.25, 0.3) is 0 Å². The molecule has 116 valence electrons. The van der Waals surface area contributed by atoms with E-state index < -0.39 is 0 Å². The number of hydrogen-bond acceptors (Lipinski definition) is 2. The molecule has 0 aromatic carbocycles. The van der Waals surface area contributed by atoms with E-state index in [0.717, 1.165) is 25.4 Å². The summed E-state index contributed by atoms with van der Waals surface area (Å²) in [5.74, 6) is 2.58. The van der Waals surface area contributed by atoms with Gasteiger partial charge in [-0.05, 0) is 43.4 Å². The highest BCUT2D eigenvalue weighted by Crippen LogP contribution is 2.34. The number of nitrogens with one attached hydrogen (secondary N) is 1. The monoisotopic (exact) mass is 300 g/mol. The molecule has 0 bridgehead atoms.